The molecular weight excluding hydrogens is 450 g/mol. The van der Waals surface area contributed by atoms with Crippen molar-refractivity contribution in [2.45, 2.75) is 56.5 Å². The van der Waals surface area contributed by atoms with Gasteiger partial charge in [0.1, 0.15) is 24.2 Å². The third-order valence-electron chi connectivity index (χ3n) is 4.81. The number of carbonyl (C=O) groups excluding carboxylic acids is 4. The molecule has 13 heteroatoms. The highest BCUT2D eigenvalue weighted by Crippen LogP contribution is 2.06. The molecule has 0 radical (unpaired) electrons. The molecule has 0 aliphatic rings. The van der Waals surface area contributed by atoms with Gasteiger partial charge in [-0.1, -0.05) is 30.3 Å². The first kappa shape index (κ1) is 28.5. The van der Waals surface area contributed by atoms with E-state index in [-0.39, 0.29) is 19.3 Å². The maximum absolute atomic E-state index is 12.8. The number of aliphatic hydroxyl groups is 2. The molecule has 0 aliphatic heterocycles. The van der Waals surface area contributed by atoms with Gasteiger partial charge >= 0.3 is 5.97 Å². The quantitative estimate of drug-likeness (QED) is 0.133. The predicted octanol–water partition coefficient (Wildman–Crippen LogP) is -3.27. The highest BCUT2D eigenvalue weighted by Gasteiger charge is 2.32. The van der Waals surface area contributed by atoms with E-state index in [1.54, 1.807) is 30.3 Å². The number of amides is 4. The summed E-state index contributed by atoms with van der Waals surface area (Å²) in [7, 11) is 0. The molecule has 0 saturated heterocycles. The number of hydrogen-bond acceptors (Lipinski definition) is 8. The second-order valence-electron chi connectivity index (χ2n) is 7.67. The second kappa shape index (κ2) is 13.9. The summed E-state index contributed by atoms with van der Waals surface area (Å²) in [5, 5.41) is 35.2. The average Bonchev–Trinajstić information content (AvgIpc) is 2.78. The number of benzene rings is 1. The first-order chi connectivity index (χ1) is 16.0. The number of nitrogens with one attached hydrogen (secondary N) is 3. The van der Waals surface area contributed by atoms with Crippen LogP contribution >= 0.6 is 0 Å². The van der Waals surface area contributed by atoms with Crippen LogP contribution in [0.2, 0.25) is 0 Å². The number of aliphatic carboxylic acids is 1. The number of rotatable bonds is 14. The van der Waals surface area contributed by atoms with E-state index in [1.807, 2.05) is 0 Å². The van der Waals surface area contributed by atoms with Crippen LogP contribution in [0.1, 0.15) is 25.3 Å². The fourth-order valence-corrected chi connectivity index (χ4v) is 2.89. The normalized spacial score (nSPS) is 15.2. The van der Waals surface area contributed by atoms with Gasteiger partial charge in [-0.3, -0.25) is 19.2 Å². The predicted molar refractivity (Wildman–Crippen MR) is 119 cm³/mol. The van der Waals surface area contributed by atoms with Crippen molar-refractivity contribution in [3.05, 3.63) is 35.9 Å². The largest absolute Gasteiger partial charge is 0.480 e. The highest BCUT2D eigenvalue weighted by molar-refractivity contribution is 5.94. The van der Waals surface area contributed by atoms with Gasteiger partial charge in [-0.25, -0.2) is 4.79 Å². The Morgan fingerprint density at radius 1 is 0.941 bits per heavy atom. The van der Waals surface area contributed by atoms with Crippen LogP contribution in [0.4, 0.5) is 0 Å². The van der Waals surface area contributed by atoms with Crippen molar-refractivity contribution in [1.82, 2.24) is 16.0 Å². The second-order valence-corrected chi connectivity index (χ2v) is 7.67. The summed E-state index contributed by atoms with van der Waals surface area (Å²) in [5.41, 5.74) is 11.2. The molecule has 1 rings (SSSR count). The van der Waals surface area contributed by atoms with Gasteiger partial charge < -0.3 is 42.7 Å². The summed E-state index contributed by atoms with van der Waals surface area (Å²) in [6.07, 6.45) is -2.03. The van der Waals surface area contributed by atoms with Gasteiger partial charge in [-0.05, 0) is 18.9 Å². The lowest BCUT2D eigenvalue weighted by molar-refractivity contribution is -0.142. The summed E-state index contributed by atoms with van der Waals surface area (Å²) in [6, 6.07) is 2.89. The average molecular weight is 482 g/mol. The Bertz CT molecular complexity index is 864. The third-order valence-corrected chi connectivity index (χ3v) is 4.81. The summed E-state index contributed by atoms with van der Waals surface area (Å²) < 4.78 is 0. The fourth-order valence-electron chi connectivity index (χ4n) is 2.89. The zero-order valence-corrected chi connectivity index (χ0v) is 18.6. The smallest absolute Gasteiger partial charge is 0.326 e. The van der Waals surface area contributed by atoms with Gasteiger partial charge in [0.15, 0.2) is 0 Å². The van der Waals surface area contributed by atoms with E-state index < -0.39 is 66.5 Å². The molecule has 5 unspecified atom stereocenters. The molecule has 1 aromatic rings. The number of hydrogen-bond donors (Lipinski definition) is 8. The monoisotopic (exact) mass is 481 g/mol. The topological polar surface area (TPSA) is 234 Å². The van der Waals surface area contributed by atoms with Crippen molar-refractivity contribution in [3.63, 3.8) is 0 Å². The number of carbonyl (C=O) groups is 5. The Morgan fingerprint density at radius 2 is 1.53 bits per heavy atom. The van der Waals surface area contributed by atoms with Gasteiger partial charge in [-0.2, -0.15) is 0 Å². The molecule has 4 amide bonds. The van der Waals surface area contributed by atoms with Crippen molar-refractivity contribution in [1.29, 1.82) is 0 Å². The van der Waals surface area contributed by atoms with Crippen LogP contribution < -0.4 is 27.4 Å². The van der Waals surface area contributed by atoms with Crippen molar-refractivity contribution < 1.29 is 39.3 Å². The van der Waals surface area contributed by atoms with Crippen LogP contribution in [0.5, 0.6) is 0 Å². The summed E-state index contributed by atoms with van der Waals surface area (Å²) in [4.78, 5) is 60.4. The number of carboxylic acid groups (broad SMARTS) is 1. The number of aliphatic hydroxyl groups excluding tert-OH is 2. The van der Waals surface area contributed by atoms with Crippen molar-refractivity contribution in [3.8, 4) is 0 Å². The molecule has 10 N–H and O–H groups in total. The van der Waals surface area contributed by atoms with Gasteiger partial charge in [-0.15, -0.1) is 0 Å². The lowest BCUT2D eigenvalue weighted by Gasteiger charge is -2.26. The zero-order chi connectivity index (χ0) is 25.8. The minimum Gasteiger partial charge on any atom is -0.480 e. The molecule has 0 aromatic heterocycles. The van der Waals surface area contributed by atoms with E-state index in [0.29, 0.717) is 5.56 Å². The molecule has 5 atom stereocenters. The molecule has 0 fully saturated rings. The Kier molecular flexibility index (Phi) is 11.6. The Hall–Kier alpha value is -3.55. The van der Waals surface area contributed by atoms with Crippen LogP contribution in [0.25, 0.3) is 0 Å². The first-order valence-electron chi connectivity index (χ1n) is 10.5. The molecular formula is C21H31N5O8. The fraction of sp³-hybridized carbons (Fsp3) is 0.476. The molecule has 1 aromatic carbocycles. The molecule has 13 nitrogen and oxygen atoms in total. The van der Waals surface area contributed by atoms with E-state index in [0.717, 1.165) is 0 Å². The molecule has 0 saturated carbocycles. The van der Waals surface area contributed by atoms with Crippen molar-refractivity contribution >= 4 is 29.6 Å². The van der Waals surface area contributed by atoms with Crippen LogP contribution in [-0.2, 0) is 30.4 Å². The SMILES string of the molecule is CC(O)C(NC(=O)C(N)CO)C(=O)NC(CCC(N)=O)C(=O)NC(Cc1ccccc1)C(=O)O. The Labute approximate surface area is 195 Å². The molecule has 0 spiro atoms. The molecule has 0 bridgehead atoms. The standard InChI is InChI=1S/C21H31N5O8/c1-11(28)17(26-18(30)13(22)10-27)20(32)24-14(7-8-16(23)29)19(31)25-15(21(33)34)9-12-5-3-2-4-6-12/h2-6,11,13-15,17,27-28H,7-10,22H2,1H3,(H2,23,29)(H,24,32)(H,25,31)(H,26,30)(H,33,34). The molecule has 188 valence electrons. The summed E-state index contributed by atoms with van der Waals surface area (Å²) in [6.45, 7) is 0.495. The van der Waals surface area contributed by atoms with E-state index in [2.05, 4.69) is 16.0 Å². The lowest BCUT2D eigenvalue weighted by atomic mass is 10.0. The molecule has 34 heavy (non-hydrogen) atoms. The van der Waals surface area contributed by atoms with Crippen molar-refractivity contribution in [2.24, 2.45) is 11.5 Å². The van der Waals surface area contributed by atoms with Crippen LogP contribution in [0, 0.1) is 0 Å². The van der Waals surface area contributed by atoms with E-state index in [1.165, 1.54) is 6.92 Å². The van der Waals surface area contributed by atoms with E-state index in [9.17, 15) is 34.2 Å². The van der Waals surface area contributed by atoms with Gasteiger partial charge in [0.25, 0.3) is 0 Å². The zero-order valence-electron chi connectivity index (χ0n) is 18.6. The minimum absolute atomic E-state index is 0.0379. The Balaban J connectivity index is 3.00. The summed E-state index contributed by atoms with van der Waals surface area (Å²) in [5.74, 6) is -4.89. The number of primary amides is 1. The van der Waals surface area contributed by atoms with Crippen LogP contribution in [-0.4, -0.2) is 81.8 Å². The number of nitrogens with two attached hydrogens (primary N) is 2. The van der Waals surface area contributed by atoms with Crippen LogP contribution in [0.15, 0.2) is 30.3 Å². The molecule has 0 aliphatic carbocycles. The van der Waals surface area contributed by atoms with Gasteiger partial charge in [0, 0.05) is 12.8 Å². The lowest BCUT2D eigenvalue weighted by Crippen LogP contribution is -2.60. The van der Waals surface area contributed by atoms with Crippen LogP contribution in [0.3, 0.4) is 0 Å². The van der Waals surface area contributed by atoms with Crippen molar-refractivity contribution in [2.75, 3.05) is 6.61 Å². The maximum atomic E-state index is 12.8. The Morgan fingerprint density at radius 3 is 2.03 bits per heavy atom. The van der Waals surface area contributed by atoms with Gasteiger partial charge in [0.05, 0.1) is 12.7 Å². The first-order valence-corrected chi connectivity index (χ1v) is 10.5. The van der Waals surface area contributed by atoms with E-state index >= 15 is 0 Å². The third kappa shape index (κ3) is 9.52. The number of carboxylic acids is 1. The maximum Gasteiger partial charge on any atom is 0.326 e. The van der Waals surface area contributed by atoms with E-state index in [4.69, 9.17) is 16.6 Å². The van der Waals surface area contributed by atoms with Gasteiger partial charge in [0.2, 0.25) is 23.6 Å². The highest BCUT2D eigenvalue weighted by atomic mass is 16.4. The molecule has 0 heterocycles. The summed E-state index contributed by atoms with van der Waals surface area (Å²) >= 11 is 0. The minimum atomic E-state index is -1.55.